The number of nitrogens with one attached hydrogen (secondary N) is 1. The van der Waals surface area contributed by atoms with E-state index in [0.29, 0.717) is 6.04 Å². The number of ether oxygens (including phenoxy) is 1. The van der Waals surface area contributed by atoms with Crippen LogP contribution in [0.4, 0.5) is 0 Å². The number of methoxy groups -OCH3 is 1. The summed E-state index contributed by atoms with van der Waals surface area (Å²) in [7, 11) is 3.79. The topological polar surface area (TPSA) is 53.0 Å². The number of nitrogens with zero attached hydrogens (tertiary/aromatic N) is 4. The van der Waals surface area contributed by atoms with E-state index in [1.165, 1.54) is 25.8 Å². The Kier molecular flexibility index (Phi) is 8.81. The SMILES string of the molecule is CCNC(=NCCN1CCCCC1C)N(C)Cc1csc(C(C)OC)n1. The first-order valence-corrected chi connectivity index (χ1v) is 10.6. The summed E-state index contributed by atoms with van der Waals surface area (Å²) >= 11 is 1.66. The Morgan fingerprint density at radius 3 is 3.04 bits per heavy atom. The van der Waals surface area contributed by atoms with Crippen molar-refractivity contribution in [3.05, 3.63) is 16.1 Å². The Bertz CT molecular complexity index is 562. The van der Waals surface area contributed by atoms with Crippen LogP contribution < -0.4 is 5.32 Å². The lowest BCUT2D eigenvalue weighted by Crippen LogP contribution is -2.41. The molecular formula is C19H35N5OS. The largest absolute Gasteiger partial charge is 0.375 e. The van der Waals surface area contributed by atoms with Crippen molar-refractivity contribution in [3.63, 3.8) is 0 Å². The molecule has 6 nitrogen and oxygen atoms in total. The molecule has 26 heavy (non-hydrogen) atoms. The maximum absolute atomic E-state index is 5.35. The smallest absolute Gasteiger partial charge is 0.194 e. The Morgan fingerprint density at radius 2 is 2.35 bits per heavy atom. The van der Waals surface area contributed by atoms with Crippen LogP contribution in [0.15, 0.2) is 10.4 Å². The van der Waals surface area contributed by atoms with Crippen LogP contribution in [0.2, 0.25) is 0 Å². The van der Waals surface area contributed by atoms with Crippen LogP contribution in [-0.2, 0) is 11.3 Å². The van der Waals surface area contributed by atoms with Gasteiger partial charge in [-0.3, -0.25) is 9.89 Å². The van der Waals surface area contributed by atoms with Crippen molar-refractivity contribution in [2.45, 2.75) is 58.7 Å². The number of aromatic nitrogens is 1. The molecule has 2 heterocycles. The minimum atomic E-state index is 0.0486. The summed E-state index contributed by atoms with van der Waals surface area (Å²) in [5.74, 6) is 0.950. The fourth-order valence-electron chi connectivity index (χ4n) is 3.24. The van der Waals surface area contributed by atoms with Gasteiger partial charge in [-0.15, -0.1) is 11.3 Å². The lowest BCUT2D eigenvalue weighted by Gasteiger charge is -2.32. The number of likely N-dealkylation sites (tertiary alicyclic amines) is 1. The van der Waals surface area contributed by atoms with Crippen LogP contribution in [0.25, 0.3) is 0 Å². The molecule has 1 saturated heterocycles. The van der Waals surface area contributed by atoms with Crippen molar-refractivity contribution < 1.29 is 4.74 Å². The molecule has 148 valence electrons. The molecule has 1 aliphatic rings. The van der Waals surface area contributed by atoms with Gasteiger partial charge in [0.05, 0.1) is 18.8 Å². The van der Waals surface area contributed by atoms with E-state index in [0.717, 1.165) is 42.8 Å². The first kappa shape index (κ1) is 21.1. The molecule has 1 aromatic heterocycles. The molecule has 0 spiro atoms. The van der Waals surface area contributed by atoms with Gasteiger partial charge in [-0.05, 0) is 40.2 Å². The van der Waals surface area contributed by atoms with E-state index >= 15 is 0 Å². The molecule has 0 bridgehead atoms. The minimum Gasteiger partial charge on any atom is -0.375 e. The quantitative estimate of drug-likeness (QED) is 0.554. The van der Waals surface area contributed by atoms with Crippen LogP contribution in [0.3, 0.4) is 0 Å². The van der Waals surface area contributed by atoms with E-state index in [4.69, 9.17) is 9.73 Å². The highest BCUT2D eigenvalue weighted by Crippen LogP contribution is 2.21. The van der Waals surface area contributed by atoms with E-state index in [1.54, 1.807) is 18.4 Å². The molecule has 0 radical (unpaired) electrons. The van der Waals surface area contributed by atoms with E-state index in [-0.39, 0.29) is 6.10 Å². The number of guanidine groups is 1. The van der Waals surface area contributed by atoms with Crippen molar-refractivity contribution in [3.8, 4) is 0 Å². The fraction of sp³-hybridized carbons (Fsp3) is 0.789. The molecule has 0 saturated carbocycles. The van der Waals surface area contributed by atoms with Gasteiger partial charge in [0.15, 0.2) is 5.96 Å². The molecule has 1 N–H and O–H groups in total. The molecule has 7 heteroatoms. The standard InChI is InChI=1S/C19H35N5OS/c1-6-20-19(21-10-12-24-11-8-7-9-15(24)2)23(4)13-17-14-26-18(22-17)16(3)25-5/h14-16H,6-13H2,1-5H3,(H,20,21). The highest BCUT2D eigenvalue weighted by atomic mass is 32.1. The first-order chi connectivity index (χ1) is 12.5. The summed E-state index contributed by atoms with van der Waals surface area (Å²) in [6.45, 7) is 11.2. The second-order valence-corrected chi connectivity index (χ2v) is 7.92. The van der Waals surface area contributed by atoms with Gasteiger partial charge in [0.1, 0.15) is 11.1 Å². The van der Waals surface area contributed by atoms with Gasteiger partial charge in [0, 0.05) is 38.7 Å². The highest BCUT2D eigenvalue weighted by Gasteiger charge is 2.17. The number of piperidine rings is 1. The van der Waals surface area contributed by atoms with Crippen LogP contribution >= 0.6 is 11.3 Å². The van der Waals surface area contributed by atoms with Gasteiger partial charge in [-0.25, -0.2) is 4.98 Å². The first-order valence-electron chi connectivity index (χ1n) is 9.75. The van der Waals surface area contributed by atoms with Crippen molar-refractivity contribution in [1.29, 1.82) is 0 Å². The van der Waals surface area contributed by atoms with Crippen molar-refractivity contribution in [2.24, 2.45) is 4.99 Å². The number of hydrogen-bond acceptors (Lipinski definition) is 5. The van der Waals surface area contributed by atoms with Gasteiger partial charge in [-0.2, -0.15) is 0 Å². The Hall–Kier alpha value is -1.18. The summed E-state index contributed by atoms with van der Waals surface area (Å²) in [6.07, 6.45) is 4.05. The van der Waals surface area contributed by atoms with Gasteiger partial charge >= 0.3 is 0 Å². The van der Waals surface area contributed by atoms with Gasteiger partial charge in [0.2, 0.25) is 0 Å². The monoisotopic (exact) mass is 381 g/mol. The summed E-state index contributed by atoms with van der Waals surface area (Å²) in [4.78, 5) is 14.2. The van der Waals surface area contributed by atoms with E-state index in [2.05, 4.69) is 46.4 Å². The highest BCUT2D eigenvalue weighted by molar-refractivity contribution is 7.09. The maximum Gasteiger partial charge on any atom is 0.194 e. The number of hydrogen-bond donors (Lipinski definition) is 1. The van der Waals surface area contributed by atoms with Crippen molar-refractivity contribution in [1.82, 2.24) is 20.1 Å². The molecule has 0 aromatic carbocycles. The summed E-state index contributed by atoms with van der Waals surface area (Å²) in [5, 5.41) is 6.54. The summed E-state index contributed by atoms with van der Waals surface area (Å²) < 4.78 is 5.35. The molecule has 2 atom stereocenters. The molecule has 1 fully saturated rings. The molecule has 0 aliphatic carbocycles. The molecule has 1 aromatic rings. The summed E-state index contributed by atoms with van der Waals surface area (Å²) in [5.41, 5.74) is 1.06. The third-order valence-electron chi connectivity index (χ3n) is 4.96. The van der Waals surface area contributed by atoms with Crippen LogP contribution in [0.1, 0.15) is 56.8 Å². The molecular weight excluding hydrogens is 346 g/mol. The zero-order valence-electron chi connectivity index (χ0n) is 17.0. The molecule has 0 amide bonds. The van der Waals surface area contributed by atoms with Gasteiger partial charge < -0.3 is 15.0 Å². The second kappa shape index (κ2) is 10.8. The normalized spacial score (nSPS) is 20.2. The molecule has 2 rings (SSSR count). The third kappa shape index (κ3) is 6.21. The van der Waals surface area contributed by atoms with Crippen LogP contribution in [-0.4, -0.2) is 67.1 Å². The number of thiazole rings is 1. The summed E-state index contributed by atoms with van der Waals surface area (Å²) in [6, 6.07) is 0.690. The number of rotatable bonds is 8. The molecule has 1 aliphatic heterocycles. The fourth-order valence-corrected chi connectivity index (χ4v) is 4.09. The Labute approximate surface area is 162 Å². The van der Waals surface area contributed by atoms with Crippen molar-refractivity contribution >= 4 is 17.3 Å². The minimum absolute atomic E-state index is 0.0486. The van der Waals surface area contributed by atoms with Gasteiger partial charge in [0.25, 0.3) is 0 Å². The maximum atomic E-state index is 5.35. The lowest BCUT2D eigenvalue weighted by atomic mass is 10.0. The van der Waals surface area contributed by atoms with Crippen molar-refractivity contribution in [2.75, 3.05) is 40.3 Å². The zero-order chi connectivity index (χ0) is 18.9. The van der Waals surface area contributed by atoms with E-state index in [1.807, 2.05) is 6.92 Å². The van der Waals surface area contributed by atoms with E-state index < -0.39 is 0 Å². The second-order valence-electron chi connectivity index (χ2n) is 7.03. The zero-order valence-corrected chi connectivity index (χ0v) is 17.8. The predicted molar refractivity (Wildman–Crippen MR) is 110 cm³/mol. The Balaban J connectivity index is 1.90. The van der Waals surface area contributed by atoms with Gasteiger partial charge in [-0.1, -0.05) is 6.42 Å². The average molecular weight is 382 g/mol. The number of aliphatic imine (C=N–C) groups is 1. The third-order valence-corrected chi connectivity index (χ3v) is 6.01. The predicted octanol–water partition coefficient (Wildman–Crippen LogP) is 3.12. The Morgan fingerprint density at radius 1 is 1.54 bits per heavy atom. The van der Waals surface area contributed by atoms with Crippen LogP contribution in [0, 0.1) is 0 Å². The average Bonchev–Trinajstić information content (AvgIpc) is 3.10. The van der Waals surface area contributed by atoms with Crippen LogP contribution in [0.5, 0.6) is 0 Å². The lowest BCUT2D eigenvalue weighted by molar-refractivity contribution is 0.119. The molecule has 2 unspecified atom stereocenters. The van der Waals surface area contributed by atoms with E-state index in [9.17, 15) is 0 Å².